The maximum atomic E-state index is 8.84. The van der Waals surface area contributed by atoms with Crippen LogP contribution in [0.5, 0.6) is 5.75 Å². The molecule has 0 unspecified atom stereocenters. The highest BCUT2D eigenvalue weighted by molar-refractivity contribution is 6.00. The van der Waals surface area contributed by atoms with Crippen molar-refractivity contribution in [2.75, 3.05) is 6.61 Å². The number of rotatable bonds is 5. The van der Waals surface area contributed by atoms with Gasteiger partial charge in [0.25, 0.3) is 0 Å². The smallest absolute Gasteiger partial charge is 0.128 e. The highest BCUT2D eigenvalue weighted by atomic mass is 16.5. The van der Waals surface area contributed by atoms with Gasteiger partial charge in [-0.1, -0.05) is 23.4 Å². The van der Waals surface area contributed by atoms with Crippen molar-refractivity contribution < 1.29 is 9.94 Å². The maximum absolute atomic E-state index is 8.84. The zero-order valence-electron chi connectivity index (χ0n) is 10.8. The average Bonchev–Trinajstić information content (AvgIpc) is 2.48. The van der Waals surface area contributed by atoms with E-state index in [-0.39, 0.29) is 0 Å². The van der Waals surface area contributed by atoms with Gasteiger partial charge in [0.15, 0.2) is 0 Å². The fraction of sp³-hybridized carbons (Fsp3) is 0.200. The molecule has 0 radical (unpaired) electrons. The van der Waals surface area contributed by atoms with Gasteiger partial charge in [0, 0.05) is 24.4 Å². The van der Waals surface area contributed by atoms with Gasteiger partial charge in [-0.15, -0.1) is 0 Å². The van der Waals surface area contributed by atoms with Crippen LogP contribution in [0.1, 0.15) is 18.1 Å². The molecule has 0 aliphatic carbocycles. The van der Waals surface area contributed by atoms with E-state index in [1.165, 1.54) is 0 Å². The molecule has 0 saturated carbocycles. The molecule has 19 heavy (non-hydrogen) atoms. The van der Waals surface area contributed by atoms with Crippen molar-refractivity contribution in [3.05, 3.63) is 59.9 Å². The van der Waals surface area contributed by atoms with E-state index in [0.717, 1.165) is 23.3 Å². The summed E-state index contributed by atoms with van der Waals surface area (Å²) < 4.78 is 5.74. The summed E-state index contributed by atoms with van der Waals surface area (Å²) >= 11 is 0. The number of para-hydroxylation sites is 1. The zero-order valence-corrected chi connectivity index (χ0v) is 10.8. The maximum Gasteiger partial charge on any atom is 0.128 e. The first-order chi connectivity index (χ1) is 9.31. The second-order valence-corrected chi connectivity index (χ2v) is 4.14. The summed E-state index contributed by atoms with van der Waals surface area (Å²) in [6, 6.07) is 11.4. The second kappa shape index (κ2) is 6.54. The van der Waals surface area contributed by atoms with Crippen LogP contribution in [-0.4, -0.2) is 22.5 Å². The lowest BCUT2D eigenvalue weighted by Crippen LogP contribution is -2.05. The largest absolute Gasteiger partial charge is 0.493 e. The van der Waals surface area contributed by atoms with Crippen molar-refractivity contribution in [1.29, 1.82) is 0 Å². The van der Waals surface area contributed by atoms with Crippen molar-refractivity contribution in [1.82, 2.24) is 4.98 Å². The molecule has 2 rings (SSSR count). The Kier molecular flexibility index (Phi) is 4.50. The Morgan fingerprint density at radius 2 is 2.11 bits per heavy atom. The van der Waals surface area contributed by atoms with Crippen LogP contribution in [0.15, 0.2) is 53.9 Å². The van der Waals surface area contributed by atoms with Crippen molar-refractivity contribution in [3.63, 3.8) is 0 Å². The highest BCUT2D eigenvalue weighted by Crippen LogP contribution is 2.19. The van der Waals surface area contributed by atoms with Gasteiger partial charge in [-0.05, 0) is 30.7 Å². The Hall–Kier alpha value is -2.36. The molecule has 98 valence electrons. The van der Waals surface area contributed by atoms with Gasteiger partial charge in [0.2, 0.25) is 0 Å². The summed E-state index contributed by atoms with van der Waals surface area (Å²) in [5, 5.41) is 12.1. The normalized spacial score (nSPS) is 11.3. The SMILES string of the molecule is CC(=NO)c1ccccc1OCCc1cccnc1. The number of aromatic nitrogens is 1. The Bertz CT molecular complexity index is 553. The zero-order chi connectivity index (χ0) is 13.5. The fourth-order valence-corrected chi connectivity index (χ4v) is 1.77. The summed E-state index contributed by atoms with van der Waals surface area (Å²) in [4.78, 5) is 4.06. The van der Waals surface area contributed by atoms with Crippen LogP contribution in [-0.2, 0) is 6.42 Å². The van der Waals surface area contributed by atoms with Crippen LogP contribution in [0.3, 0.4) is 0 Å². The number of hydrogen-bond donors (Lipinski definition) is 1. The van der Waals surface area contributed by atoms with Crippen molar-refractivity contribution in [2.45, 2.75) is 13.3 Å². The van der Waals surface area contributed by atoms with E-state index in [0.29, 0.717) is 12.3 Å². The molecule has 0 amide bonds. The first-order valence-electron chi connectivity index (χ1n) is 6.11. The average molecular weight is 256 g/mol. The Balaban J connectivity index is 2.00. The van der Waals surface area contributed by atoms with E-state index >= 15 is 0 Å². The predicted molar refractivity (Wildman–Crippen MR) is 73.9 cm³/mol. The second-order valence-electron chi connectivity index (χ2n) is 4.14. The summed E-state index contributed by atoms with van der Waals surface area (Å²) in [6.07, 6.45) is 4.37. The molecule has 0 aliphatic heterocycles. The number of nitrogens with zero attached hydrogens (tertiary/aromatic N) is 2. The van der Waals surface area contributed by atoms with E-state index in [1.807, 2.05) is 42.6 Å². The van der Waals surface area contributed by atoms with Crippen molar-refractivity contribution in [3.8, 4) is 5.75 Å². The molecular formula is C15H16N2O2. The first kappa shape index (κ1) is 13.1. The number of pyridine rings is 1. The lowest BCUT2D eigenvalue weighted by molar-refractivity contribution is 0.314. The molecule has 1 N–H and O–H groups in total. The third-order valence-corrected chi connectivity index (χ3v) is 2.80. The monoisotopic (exact) mass is 256 g/mol. The number of hydrogen-bond acceptors (Lipinski definition) is 4. The quantitative estimate of drug-likeness (QED) is 0.508. The molecular weight excluding hydrogens is 240 g/mol. The number of benzene rings is 1. The lowest BCUT2D eigenvalue weighted by Gasteiger charge is -2.10. The first-order valence-corrected chi connectivity index (χ1v) is 6.11. The summed E-state index contributed by atoms with van der Waals surface area (Å²) in [5.74, 6) is 0.724. The van der Waals surface area contributed by atoms with Crippen LogP contribution in [0.25, 0.3) is 0 Å². The van der Waals surface area contributed by atoms with E-state index in [9.17, 15) is 0 Å². The topological polar surface area (TPSA) is 54.7 Å². The Morgan fingerprint density at radius 1 is 1.26 bits per heavy atom. The highest BCUT2D eigenvalue weighted by Gasteiger charge is 2.06. The molecule has 0 aliphatic rings. The van der Waals surface area contributed by atoms with Gasteiger partial charge < -0.3 is 9.94 Å². The minimum atomic E-state index is 0.539. The van der Waals surface area contributed by atoms with Crippen molar-refractivity contribution >= 4 is 5.71 Å². The molecule has 1 heterocycles. The van der Waals surface area contributed by atoms with Gasteiger partial charge >= 0.3 is 0 Å². The summed E-state index contributed by atoms with van der Waals surface area (Å²) in [6.45, 7) is 2.30. The fourth-order valence-electron chi connectivity index (χ4n) is 1.77. The number of oxime groups is 1. The van der Waals surface area contributed by atoms with Gasteiger partial charge in [0.05, 0.1) is 12.3 Å². The molecule has 4 nitrogen and oxygen atoms in total. The third-order valence-electron chi connectivity index (χ3n) is 2.80. The van der Waals surface area contributed by atoms with Crippen LogP contribution in [0.2, 0.25) is 0 Å². The van der Waals surface area contributed by atoms with Gasteiger partial charge in [-0.2, -0.15) is 0 Å². The molecule has 1 aromatic heterocycles. The van der Waals surface area contributed by atoms with E-state index in [4.69, 9.17) is 9.94 Å². The number of ether oxygens (including phenoxy) is 1. The van der Waals surface area contributed by atoms with E-state index in [1.54, 1.807) is 13.1 Å². The molecule has 0 bridgehead atoms. The van der Waals surface area contributed by atoms with Gasteiger partial charge in [-0.3, -0.25) is 4.98 Å². The molecule has 0 saturated heterocycles. The lowest BCUT2D eigenvalue weighted by atomic mass is 10.1. The third kappa shape index (κ3) is 3.55. The van der Waals surface area contributed by atoms with Crippen LogP contribution >= 0.6 is 0 Å². The summed E-state index contributed by atoms with van der Waals surface area (Å²) in [5.41, 5.74) is 2.47. The van der Waals surface area contributed by atoms with Crippen LogP contribution < -0.4 is 4.74 Å². The van der Waals surface area contributed by atoms with E-state index < -0.39 is 0 Å². The minimum absolute atomic E-state index is 0.539. The standard InChI is InChI=1S/C15H16N2O2/c1-12(17-18)14-6-2-3-7-15(14)19-10-8-13-5-4-9-16-11-13/h2-7,9,11,18H,8,10H2,1H3. The molecule has 2 aromatic rings. The Labute approximate surface area is 112 Å². The van der Waals surface area contributed by atoms with Crippen LogP contribution in [0, 0.1) is 0 Å². The molecule has 0 spiro atoms. The van der Waals surface area contributed by atoms with Gasteiger partial charge in [0.1, 0.15) is 5.75 Å². The minimum Gasteiger partial charge on any atom is -0.493 e. The molecule has 0 atom stereocenters. The van der Waals surface area contributed by atoms with Crippen LogP contribution in [0.4, 0.5) is 0 Å². The summed E-state index contributed by atoms with van der Waals surface area (Å²) in [7, 11) is 0. The molecule has 1 aromatic carbocycles. The van der Waals surface area contributed by atoms with Crippen molar-refractivity contribution in [2.24, 2.45) is 5.16 Å². The molecule has 0 fully saturated rings. The molecule has 4 heteroatoms. The predicted octanol–water partition coefficient (Wildman–Crippen LogP) is 2.90. The van der Waals surface area contributed by atoms with E-state index in [2.05, 4.69) is 10.1 Å². The van der Waals surface area contributed by atoms with Gasteiger partial charge in [-0.25, -0.2) is 0 Å². The Morgan fingerprint density at radius 3 is 2.84 bits per heavy atom.